The Labute approximate surface area is 103 Å². The fourth-order valence-electron chi connectivity index (χ4n) is 0.922. The van der Waals surface area contributed by atoms with Gasteiger partial charge in [-0.1, -0.05) is 18.2 Å². The predicted octanol–water partition coefficient (Wildman–Crippen LogP) is -3.42. The summed E-state index contributed by atoms with van der Waals surface area (Å²) in [4.78, 5) is -0.606. The number of hydrogen-bond acceptors (Lipinski definition) is 5. The molecule has 5 nitrogen and oxygen atoms in total. The summed E-state index contributed by atoms with van der Waals surface area (Å²) in [5.74, 6) is 0. The Hall–Kier alpha value is 0.0500. The molecular weight excluding hydrogens is 219 g/mol. The third-order valence-corrected chi connectivity index (χ3v) is 2.38. The Morgan fingerprint density at radius 2 is 1.71 bits per heavy atom. The summed E-state index contributed by atoms with van der Waals surface area (Å²) in [6.07, 6.45) is -1.96. The van der Waals surface area contributed by atoms with Gasteiger partial charge in [0.15, 0.2) is 6.29 Å². The predicted molar refractivity (Wildman–Crippen MR) is 41.6 cm³/mol. The van der Waals surface area contributed by atoms with Gasteiger partial charge in [-0.05, 0) is 6.07 Å². The second-order valence-corrected chi connectivity index (χ2v) is 3.71. The van der Waals surface area contributed by atoms with Crippen molar-refractivity contribution in [3.8, 4) is 0 Å². The zero-order valence-electron chi connectivity index (χ0n) is 7.41. The third-order valence-electron chi connectivity index (χ3n) is 1.47. The van der Waals surface area contributed by atoms with E-state index < -0.39 is 21.3 Å². The van der Waals surface area contributed by atoms with E-state index in [9.17, 15) is 13.0 Å². The van der Waals surface area contributed by atoms with Crippen LogP contribution >= 0.6 is 0 Å². The van der Waals surface area contributed by atoms with Crippen molar-refractivity contribution in [2.45, 2.75) is 11.2 Å². The Bertz CT molecular complexity index is 400. The first kappa shape index (κ1) is 14.1. The molecule has 0 amide bonds. The minimum Gasteiger partial charge on any atom is -0.744 e. The molecule has 0 fully saturated rings. The van der Waals surface area contributed by atoms with Crippen molar-refractivity contribution in [3.05, 3.63) is 29.8 Å². The first-order valence-corrected chi connectivity index (χ1v) is 4.74. The van der Waals surface area contributed by atoms with Crippen molar-refractivity contribution in [1.29, 1.82) is 0 Å². The van der Waals surface area contributed by atoms with Crippen LogP contribution < -0.4 is 29.6 Å². The van der Waals surface area contributed by atoms with Gasteiger partial charge in [-0.2, -0.15) is 0 Å². The Kier molecular flexibility index (Phi) is 5.24. The van der Waals surface area contributed by atoms with Crippen LogP contribution in [0.4, 0.5) is 0 Å². The normalized spacial score (nSPS) is 11.1. The Morgan fingerprint density at radius 1 is 1.21 bits per heavy atom. The molecule has 0 spiro atoms. The quantitative estimate of drug-likeness (QED) is 0.311. The summed E-state index contributed by atoms with van der Waals surface area (Å²) >= 11 is 0. The van der Waals surface area contributed by atoms with Gasteiger partial charge in [0.05, 0.1) is 4.90 Å². The van der Waals surface area contributed by atoms with Crippen LogP contribution in [0, 0.1) is 0 Å². The van der Waals surface area contributed by atoms with E-state index in [0.29, 0.717) is 0 Å². The monoisotopic (exact) mass is 226 g/mol. The maximum atomic E-state index is 10.6. The molecule has 7 heteroatoms. The van der Waals surface area contributed by atoms with E-state index >= 15 is 0 Å². The van der Waals surface area contributed by atoms with E-state index in [4.69, 9.17) is 10.2 Å². The summed E-state index contributed by atoms with van der Waals surface area (Å²) in [6, 6.07) is 4.92. The van der Waals surface area contributed by atoms with Crippen LogP contribution in [0.15, 0.2) is 29.2 Å². The molecule has 0 aliphatic heterocycles. The first-order chi connectivity index (χ1) is 5.93. The maximum Gasteiger partial charge on any atom is 1.00 e. The summed E-state index contributed by atoms with van der Waals surface area (Å²) < 4.78 is 31.7. The molecule has 0 saturated carbocycles. The smallest absolute Gasteiger partial charge is 0.744 e. The topological polar surface area (TPSA) is 97.7 Å². The van der Waals surface area contributed by atoms with E-state index in [-0.39, 0.29) is 35.1 Å². The second kappa shape index (κ2) is 5.22. The van der Waals surface area contributed by atoms with Crippen LogP contribution in [-0.2, 0) is 10.1 Å². The van der Waals surface area contributed by atoms with Crippen molar-refractivity contribution in [1.82, 2.24) is 0 Å². The Balaban J connectivity index is 0.00000169. The summed E-state index contributed by atoms with van der Waals surface area (Å²) in [6.45, 7) is 0. The molecule has 0 aliphatic carbocycles. The second-order valence-electron chi connectivity index (χ2n) is 2.37. The van der Waals surface area contributed by atoms with Crippen LogP contribution in [0.25, 0.3) is 0 Å². The molecule has 0 atom stereocenters. The molecular formula is C7H7NaO5S. The molecule has 0 aliphatic rings. The molecule has 2 N–H and O–H groups in total. The largest absolute Gasteiger partial charge is 1.00 e. The molecule has 14 heavy (non-hydrogen) atoms. The van der Waals surface area contributed by atoms with Crippen LogP contribution in [-0.4, -0.2) is 23.2 Å². The van der Waals surface area contributed by atoms with Crippen molar-refractivity contribution in [2.75, 3.05) is 0 Å². The average molecular weight is 226 g/mol. The zero-order valence-corrected chi connectivity index (χ0v) is 10.2. The van der Waals surface area contributed by atoms with E-state index in [0.717, 1.165) is 12.1 Å². The minimum atomic E-state index is -4.65. The standard InChI is InChI=1S/C7H8O5S.Na/c8-7(9)5-3-1-2-4-6(5)13(10,11)12;/h1-4,7-9H,(H,10,11,12);/q;+1/p-1. The van der Waals surface area contributed by atoms with Crippen molar-refractivity contribution in [3.63, 3.8) is 0 Å². The van der Waals surface area contributed by atoms with E-state index in [1.165, 1.54) is 12.1 Å². The minimum absolute atomic E-state index is 0. The number of hydrogen-bond donors (Lipinski definition) is 2. The van der Waals surface area contributed by atoms with Gasteiger partial charge in [-0.15, -0.1) is 0 Å². The van der Waals surface area contributed by atoms with Crippen LogP contribution in [0.1, 0.15) is 11.9 Å². The fraction of sp³-hybridized carbons (Fsp3) is 0.143. The molecule has 0 unspecified atom stereocenters. The molecule has 1 aromatic rings. The molecule has 0 bridgehead atoms. The van der Waals surface area contributed by atoms with Gasteiger partial charge in [-0.25, -0.2) is 8.42 Å². The molecule has 0 aromatic heterocycles. The number of rotatable bonds is 2. The molecule has 1 rings (SSSR count). The maximum absolute atomic E-state index is 10.6. The fourth-order valence-corrected chi connectivity index (χ4v) is 1.63. The van der Waals surface area contributed by atoms with Gasteiger partial charge < -0.3 is 14.8 Å². The summed E-state index contributed by atoms with van der Waals surface area (Å²) in [5.41, 5.74) is -0.308. The van der Waals surface area contributed by atoms with Gasteiger partial charge in [0.1, 0.15) is 10.1 Å². The molecule has 0 radical (unpaired) electrons. The third kappa shape index (κ3) is 3.32. The SMILES string of the molecule is O=S(=O)([O-])c1ccccc1C(O)O.[Na+]. The van der Waals surface area contributed by atoms with Crippen LogP contribution in [0.3, 0.4) is 0 Å². The molecule has 72 valence electrons. The van der Waals surface area contributed by atoms with Gasteiger partial charge in [0.2, 0.25) is 0 Å². The van der Waals surface area contributed by atoms with E-state index in [2.05, 4.69) is 0 Å². The summed E-state index contributed by atoms with van der Waals surface area (Å²) in [5, 5.41) is 17.4. The molecule has 1 aromatic carbocycles. The van der Waals surface area contributed by atoms with Crippen molar-refractivity contribution >= 4 is 10.1 Å². The summed E-state index contributed by atoms with van der Waals surface area (Å²) in [7, 11) is -4.65. The van der Waals surface area contributed by atoms with Crippen molar-refractivity contribution in [2.24, 2.45) is 0 Å². The molecule has 0 heterocycles. The Morgan fingerprint density at radius 3 is 2.07 bits per heavy atom. The average Bonchev–Trinajstić information content (AvgIpc) is 2.03. The van der Waals surface area contributed by atoms with Gasteiger partial charge in [-0.3, -0.25) is 0 Å². The van der Waals surface area contributed by atoms with Crippen LogP contribution in [0.5, 0.6) is 0 Å². The number of aliphatic hydroxyl groups is 2. The van der Waals surface area contributed by atoms with Gasteiger partial charge in [0, 0.05) is 5.56 Å². The van der Waals surface area contributed by atoms with E-state index in [1.54, 1.807) is 0 Å². The van der Waals surface area contributed by atoms with E-state index in [1.807, 2.05) is 0 Å². The van der Waals surface area contributed by atoms with Gasteiger partial charge in [0.25, 0.3) is 0 Å². The first-order valence-electron chi connectivity index (χ1n) is 3.34. The zero-order chi connectivity index (χ0) is 10.1. The number of benzene rings is 1. The van der Waals surface area contributed by atoms with Crippen molar-refractivity contribution < 1.29 is 52.7 Å². The van der Waals surface area contributed by atoms with Gasteiger partial charge >= 0.3 is 29.6 Å². The molecule has 0 saturated heterocycles. The number of aliphatic hydroxyl groups excluding tert-OH is 1. The van der Waals surface area contributed by atoms with Crippen LogP contribution in [0.2, 0.25) is 0 Å².